The molecule has 0 spiro atoms. The smallest absolute Gasteiger partial charge is 0.325 e. The van der Waals surface area contributed by atoms with Crippen LogP contribution >= 0.6 is 23.2 Å². The van der Waals surface area contributed by atoms with Gasteiger partial charge in [0.25, 0.3) is 0 Å². The van der Waals surface area contributed by atoms with Crippen molar-refractivity contribution in [2.75, 3.05) is 6.61 Å². The number of hydrogen-bond acceptors (Lipinski definition) is 2. The van der Waals surface area contributed by atoms with E-state index in [0.717, 1.165) is 6.07 Å². The summed E-state index contributed by atoms with van der Waals surface area (Å²) in [6.45, 7) is -0.209. The predicted molar refractivity (Wildman–Crippen MR) is 54.2 cm³/mol. The first-order chi connectivity index (χ1) is 7.00. The molecule has 0 fully saturated rings. The Labute approximate surface area is 95.4 Å². The van der Waals surface area contributed by atoms with Crippen LogP contribution in [-0.4, -0.2) is 23.1 Å². The molecule has 0 radical (unpaired) electrons. The van der Waals surface area contributed by atoms with E-state index in [2.05, 4.69) is 0 Å². The lowest BCUT2D eigenvalue weighted by molar-refractivity contribution is -0.137. The van der Waals surface area contributed by atoms with Gasteiger partial charge in [0.1, 0.15) is 18.2 Å². The number of halogens is 3. The first kappa shape index (κ1) is 12.1. The Morgan fingerprint density at radius 2 is 2.27 bits per heavy atom. The van der Waals surface area contributed by atoms with Crippen LogP contribution in [0.1, 0.15) is 0 Å². The molecule has 1 rings (SSSR count). The number of carbonyl (C=O) groups is 1. The molecule has 0 aliphatic carbocycles. The third kappa shape index (κ3) is 3.57. The Bertz CT molecular complexity index is 370. The number of rotatable bonds is 4. The Morgan fingerprint density at radius 1 is 1.60 bits per heavy atom. The van der Waals surface area contributed by atoms with Crippen molar-refractivity contribution >= 4 is 29.2 Å². The molecule has 0 aliphatic rings. The zero-order valence-corrected chi connectivity index (χ0v) is 8.93. The lowest BCUT2D eigenvalue weighted by atomic mass is 10.3. The first-order valence-electron chi connectivity index (χ1n) is 3.95. The maximum atomic E-state index is 12.7. The van der Waals surface area contributed by atoms with E-state index >= 15 is 0 Å². The summed E-state index contributed by atoms with van der Waals surface area (Å²) in [5.41, 5.74) is 0. The van der Waals surface area contributed by atoms with Crippen molar-refractivity contribution in [1.29, 1.82) is 0 Å². The van der Waals surface area contributed by atoms with Gasteiger partial charge in [-0.1, -0.05) is 11.6 Å². The third-order valence-corrected chi connectivity index (χ3v) is 2.16. The van der Waals surface area contributed by atoms with E-state index in [-0.39, 0.29) is 17.4 Å². The molecule has 0 aliphatic heterocycles. The van der Waals surface area contributed by atoms with Crippen LogP contribution in [-0.2, 0) is 4.79 Å². The number of carboxylic acid groups (broad SMARTS) is 1. The van der Waals surface area contributed by atoms with Crippen LogP contribution in [0.4, 0.5) is 4.39 Å². The SMILES string of the molecule is O=C(O)C(Cl)COc1ccc(F)c(Cl)c1. The molecular formula is C9H7Cl2FO3. The molecule has 82 valence electrons. The minimum absolute atomic E-state index is 0.0889. The van der Waals surface area contributed by atoms with Gasteiger partial charge < -0.3 is 9.84 Å². The molecule has 0 amide bonds. The van der Waals surface area contributed by atoms with Gasteiger partial charge in [-0.05, 0) is 12.1 Å². The van der Waals surface area contributed by atoms with Gasteiger partial charge in [0, 0.05) is 6.07 Å². The average Bonchev–Trinajstić information content (AvgIpc) is 2.19. The highest BCUT2D eigenvalue weighted by atomic mass is 35.5. The molecule has 1 aromatic rings. The van der Waals surface area contributed by atoms with Gasteiger partial charge in [0.05, 0.1) is 5.02 Å². The maximum Gasteiger partial charge on any atom is 0.325 e. The second kappa shape index (κ2) is 5.19. The number of alkyl halides is 1. The number of benzene rings is 1. The molecule has 1 atom stereocenters. The Kier molecular flexibility index (Phi) is 4.17. The van der Waals surface area contributed by atoms with Crippen LogP contribution in [0.5, 0.6) is 5.75 Å². The molecule has 6 heteroatoms. The van der Waals surface area contributed by atoms with Gasteiger partial charge in [0.2, 0.25) is 0 Å². The molecule has 0 saturated heterocycles. The number of aliphatic carboxylic acids is 1. The third-order valence-electron chi connectivity index (χ3n) is 1.56. The van der Waals surface area contributed by atoms with E-state index in [0.29, 0.717) is 0 Å². The highest BCUT2D eigenvalue weighted by Crippen LogP contribution is 2.21. The first-order valence-corrected chi connectivity index (χ1v) is 4.77. The summed E-state index contributed by atoms with van der Waals surface area (Å²) >= 11 is 10.9. The van der Waals surface area contributed by atoms with Gasteiger partial charge in [-0.25, -0.2) is 4.39 Å². The highest BCUT2D eigenvalue weighted by molar-refractivity contribution is 6.31. The van der Waals surface area contributed by atoms with E-state index in [1.165, 1.54) is 12.1 Å². The monoisotopic (exact) mass is 252 g/mol. The molecule has 0 bridgehead atoms. The highest BCUT2D eigenvalue weighted by Gasteiger charge is 2.14. The largest absolute Gasteiger partial charge is 0.491 e. The second-order valence-corrected chi connectivity index (χ2v) is 3.63. The molecular weight excluding hydrogens is 246 g/mol. The van der Waals surface area contributed by atoms with Crippen LogP contribution in [0.15, 0.2) is 18.2 Å². The standard InChI is InChI=1S/C9H7Cl2FO3/c10-6-3-5(1-2-8(6)12)15-4-7(11)9(13)14/h1-3,7H,4H2,(H,13,14). The van der Waals surface area contributed by atoms with Crippen LogP contribution < -0.4 is 4.74 Å². The van der Waals surface area contributed by atoms with Gasteiger partial charge in [-0.2, -0.15) is 0 Å². The van der Waals surface area contributed by atoms with E-state index in [4.69, 9.17) is 33.0 Å². The summed E-state index contributed by atoms with van der Waals surface area (Å²) in [6, 6.07) is 3.72. The van der Waals surface area contributed by atoms with Crippen LogP contribution in [0.25, 0.3) is 0 Å². The fourth-order valence-electron chi connectivity index (χ4n) is 0.807. The summed E-state index contributed by atoms with van der Waals surface area (Å²) in [4.78, 5) is 10.3. The molecule has 0 heterocycles. The minimum Gasteiger partial charge on any atom is -0.491 e. The second-order valence-electron chi connectivity index (χ2n) is 2.69. The Hall–Kier alpha value is -1.00. The van der Waals surface area contributed by atoms with Crippen LogP contribution in [0, 0.1) is 5.82 Å². The molecule has 3 nitrogen and oxygen atoms in total. The normalized spacial score (nSPS) is 12.2. The molecule has 1 unspecified atom stereocenters. The number of ether oxygens (including phenoxy) is 1. The van der Waals surface area contributed by atoms with E-state index in [1.54, 1.807) is 0 Å². The molecule has 0 saturated carbocycles. The van der Waals surface area contributed by atoms with Crippen molar-refractivity contribution in [3.8, 4) is 5.75 Å². The summed E-state index contributed by atoms with van der Waals surface area (Å²) in [5, 5.41) is 7.23. The van der Waals surface area contributed by atoms with Gasteiger partial charge in [-0.15, -0.1) is 11.6 Å². The van der Waals surface area contributed by atoms with Crippen molar-refractivity contribution < 1.29 is 19.0 Å². The number of hydrogen-bond donors (Lipinski definition) is 1. The molecule has 1 N–H and O–H groups in total. The van der Waals surface area contributed by atoms with Gasteiger partial charge in [-0.3, -0.25) is 4.79 Å². The lowest BCUT2D eigenvalue weighted by Crippen LogP contribution is -2.21. The lowest BCUT2D eigenvalue weighted by Gasteiger charge is -2.08. The number of carboxylic acids is 1. The zero-order valence-electron chi connectivity index (χ0n) is 7.41. The van der Waals surface area contributed by atoms with E-state index in [1.807, 2.05) is 0 Å². The van der Waals surface area contributed by atoms with Crippen molar-refractivity contribution in [2.24, 2.45) is 0 Å². The van der Waals surface area contributed by atoms with Crippen molar-refractivity contribution in [3.63, 3.8) is 0 Å². The quantitative estimate of drug-likeness (QED) is 0.838. The summed E-state index contributed by atoms with van der Waals surface area (Å²) in [5.74, 6) is -1.47. The summed E-state index contributed by atoms with van der Waals surface area (Å²) < 4.78 is 17.7. The Morgan fingerprint density at radius 3 is 2.80 bits per heavy atom. The Balaban J connectivity index is 2.58. The molecule has 1 aromatic carbocycles. The van der Waals surface area contributed by atoms with Crippen LogP contribution in [0.3, 0.4) is 0 Å². The van der Waals surface area contributed by atoms with Crippen molar-refractivity contribution in [3.05, 3.63) is 29.0 Å². The fraction of sp³-hybridized carbons (Fsp3) is 0.222. The summed E-state index contributed by atoms with van der Waals surface area (Å²) in [7, 11) is 0. The fourth-order valence-corrected chi connectivity index (χ4v) is 1.04. The van der Waals surface area contributed by atoms with E-state index in [9.17, 15) is 9.18 Å². The maximum absolute atomic E-state index is 12.7. The van der Waals surface area contributed by atoms with Gasteiger partial charge in [0.15, 0.2) is 5.38 Å². The zero-order chi connectivity index (χ0) is 11.4. The van der Waals surface area contributed by atoms with Crippen LogP contribution in [0.2, 0.25) is 5.02 Å². The predicted octanol–water partition coefficient (Wildman–Crippen LogP) is 2.55. The molecule has 0 aromatic heterocycles. The summed E-state index contributed by atoms with van der Waals surface area (Å²) in [6.07, 6.45) is 0. The van der Waals surface area contributed by atoms with E-state index < -0.39 is 17.2 Å². The average molecular weight is 253 g/mol. The van der Waals surface area contributed by atoms with Crippen molar-refractivity contribution in [2.45, 2.75) is 5.38 Å². The minimum atomic E-state index is -1.18. The van der Waals surface area contributed by atoms with Gasteiger partial charge >= 0.3 is 5.97 Å². The molecule has 15 heavy (non-hydrogen) atoms. The topological polar surface area (TPSA) is 46.5 Å². The van der Waals surface area contributed by atoms with Crippen molar-refractivity contribution in [1.82, 2.24) is 0 Å².